The summed E-state index contributed by atoms with van der Waals surface area (Å²) in [6.45, 7) is 0. The zero-order valence-electron chi connectivity index (χ0n) is 11.5. The number of hydrogen-bond acceptors (Lipinski definition) is 6. The number of nitrogens with one attached hydrogen (secondary N) is 1. The molecule has 0 atom stereocenters. The molecule has 22 heavy (non-hydrogen) atoms. The Balaban J connectivity index is 2.24. The Morgan fingerprint density at radius 2 is 2.14 bits per heavy atom. The summed E-state index contributed by atoms with van der Waals surface area (Å²) in [7, 11) is 1.44. The molecule has 0 radical (unpaired) electrons. The Hall–Kier alpha value is -2.61. The Morgan fingerprint density at radius 1 is 1.41 bits per heavy atom. The topological polar surface area (TPSA) is 97.0 Å². The fourth-order valence-corrected chi connectivity index (χ4v) is 2.20. The molecule has 2 aromatic rings. The Bertz CT molecular complexity index is 734. The molecular weight excluding hydrogens is 354 g/mol. The van der Waals surface area contributed by atoms with E-state index in [1.165, 1.54) is 25.5 Å². The van der Waals surface area contributed by atoms with Crippen LogP contribution in [0.5, 0.6) is 11.5 Å². The molecule has 0 unspecified atom stereocenters. The first-order valence-electron chi connectivity index (χ1n) is 6.12. The number of phenolic OH excluding ortho intramolecular Hbond substituents is 1. The van der Waals surface area contributed by atoms with Gasteiger partial charge in [-0.1, -0.05) is 28.1 Å². The predicted molar refractivity (Wildman–Crippen MR) is 86.7 cm³/mol. The molecule has 114 valence electrons. The number of rotatable bonds is 5. The highest BCUT2D eigenvalue weighted by molar-refractivity contribution is 9.10. The van der Waals surface area contributed by atoms with Crippen LogP contribution in [0.15, 0.2) is 46.0 Å². The van der Waals surface area contributed by atoms with E-state index in [0.717, 1.165) is 0 Å². The number of hydrogen-bond donors (Lipinski definition) is 2. The van der Waals surface area contributed by atoms with Crippen molar-refractivity contribution in [2.45, 2.75) is 0 Å². The summed E-state index contributed by atoms with van der Waals surface area (Å²) in [4.78, 5) is 10.4. The van der Waals surface area contributed by atoms with Crippen molar-refractivity contribution in [1.82, 2.24) is 0 Å². The monoisotopic (exact) mass is 365 g/mol. The molecule has 2 rings (SSSR count). The molecule has 2 N–H and O–H groups in total. The van der Waals surface area contributed by atoms with E-state index in [2.05, 4.69) is 26.5 Å². The summed E-state index contributed by atoms with van der Waals surface area (Å²) in [6, 6.07) is 9.39. The fraction of sp³-hybridized carbons (Fsp3) is 0.0714. The van der Waals surface area contributed by atoms with Crippen molar-refractivity contribution in [2.75, 3.05) is 12.5 Å². The van der Waals surface area contributed by atoms with Gasteiger partial charge in [-0.2, -0.15) is 5.10 Å². The van der Waals surface area contributed by atoms with Gasteiger partial charge in [-0.3, -0.25) is 15.5 Å². The molecule has 0 saturated carbocycles. The van der Waals surface area contributed by atoms with E-state index in [4.69, 9.17) is 4.74 Å². The zero-order chi connectivity index (χ0) is 16.1. The lowest BCUT2D eigenvalue weighted by atomic mass is 10.2. The number of hydrazone groups is 1. The molecule has 0 aromatic heterocycles. The van der Waals surface area contributed by atoms with Crippen LogP contribution in [0, 0.1) is 10.1 Å². The molecule has 0 amide bonds. The van der Waals surface area contributed by atoms with E-state index in [-0.39, 0.29) is 17.1 Å². The third kappa shape index (κ3) is 3.53. The van der Waals surface area contributed by atoms with Gasteiger partial charge in [0.25, 0.3) is 5.69 Å². The predicted octanol–water partition coefficient (Wildman–Crippen LogP) is 3.52. The van der Waals surface area contributed by atoms with Crippen molar-refractivity contribution in [2.24, 2.45) is 5.10 Å². The maximum Gasteiger partial charge on any atom is 0.294 e. The van der Waals surface area contributed by atoms with Gasteiger partial charge in [0.05, 0.1) is 18.2 Å². The van der Waals surface area contributed by atoms with Crippen molar-refractivity contribution in [1.29, 1.82) is 0 Å². The molecule has 0 bridgehead atoms. The summed E-state index contributed by atoms with van der Waals surface area (Å²) in [5, 5.41) is 24.8. The van der Waals surface area contributed by atoms with Crippen LogP contribution in [0.2, 0.25) is 0 Å². The van der Waals surface area contributed by atoms with Crippen LogP contribution in [0.3, 0.4) is 0 Å². The summed E-state index contributed by atoms with van der Waals surface area (Å²) in [5.41, 5.74) is 3.16. The van der Waals surface area contributed by atoms with Crippen LogP contribution in [0.25, 0.3) is 0 Å². The second-order valence-corrected chi connectivity index (χ2v) is 5.11. The number of phenols is 1. The number of nitro groups is 1. The number of nitrogens with zero attached hydrogens (tertiary/aromatic N) is 2. The number of para-hydroxylation sites is 2. The first-order valence-corrected chi connectivity index (χ1v) is 6.91. The third-order valence-electron chi connectivity index (χ3n) is 2.78. The van der Waals surface area contributed by atoms with Gasteiger partial charge >= 0.3 is 0 Å². The first-order chi connectivity index (χ1) is 10.5. The molecule has 7 nitrogen and oxygen atoms in total. The maximum absolute atomic E-state index is 10.9. The maximum atomic E-state index is 10.9. The normalized spacial score (nSPS) is 10.6. The van der Waals surface area contributed by atoms with E-state index in [1.54, 1.807) is 24.3 Å². The van der Waals surface area contributed by atoms with Gasteiger partial charge in [-0.05, 0) is 18.2 Å². The lowest BCUT2D eigenvalue weighted by molar-refractivity contribution is -0.384. The second kappa shape index (κ2) is 6.90. The number of anilines is 1. The lowest BCUT2D eigenvalue weighted by Gasteiger charge is -2.07. The van der Waals surface area contributed by atoms with Gasteiger partial charge in [0.15, 0.2) is 11.5 Å². The summed E-state index contributed by atoms with van der Waals surface area (Å²) in [6.07, 6.45) is 1.35. The number of halogens is 1. The summed E-state index contributed by atoms with van der Waals surface area (Å²) < 4.78 is 5.73. The minimum absolute atomic E-state index is 0.0705. The van der Waals surface area contributed by atoms with Gasteiger partial charge in [0.2, 0.25) is 0 Å². The zero-order valence-corrected chi connectivity index (χ0v) is 13.1. The van der Waals surface area contributed by atoms with Crippen molar-refractivity contribution >= 4 is 33.5 Å². The summed E-state index contributed by atoms with van der Waals surface area (Å²) in [5.74, 6) is 0.223. The standard InChI is InChI=1S/C14H12BrN3O4/c1-22-13-7-10(15)6-9(14(13)19)8-16-17-11-4-2-3-5-12(11)18(20)21/h2-8,17,19H,1H3/b16-8-. The highest BCUT2D eigenvalue weighted by Crippen LogP contribution is 2.32. The van der Waals surface area contributed by atoms with Crippen molar-refractivity contribution in [3.05, 3.63) is 56.5 Å². The number of methoxy groups -OCH3 is 1. The van der Waals surface area contributed by atoms with Crippen LogP contribution in [-0.2, 0) is 0 Å². The number of nitro benzene ring substituents is 1. The molecular formula is C14H12BrN3O4. The highest BCUT2D eigenvalue weighted by atomic mass is 79.9. The minimum atomic E-state index is -0.503. The minimum Gasteiger partial charge on any atom is -0.504 e. The quantitative estimate of drug-likeness (QED) is 0.480. The number of benzene rings is 2. The molecule has 0 heterocycles. The molecule has 0 aliphatic heterocycles. The molecule has 0 aliphatic rings. The molecule has 0 aliphatic carbocycles. The SMILES string of the molecule is COc1cc(Br)cc(/C=N\Nc2ccccc2[N+](=O)[O-])c1O. The van der Waals surface area contributed by atoms with Crippen LogP contribution in [-0.4, -0.2) is 23.4 Å². The van der Waals surface area contributed by atoms with E-state index in [9.17, 15) is 15.2 Å². The first kappa shape index (κ1) is 15.8. The smallest absolute Gasteiger partial charge is 0.294 e. The van der Waals surface area contributed by atoms with Gasteiger partial charge in [0.1, 0.15) is 5.69 Å². The van der Waals surface area contributed by atoms with Crippen molar-refractivity contribution in [3.8, 4) is 11.5 Å². The van der Waals surface area contributed by atoms with Crippen LogP contribution < -0.4 is 10.2 Å². The average molecular weight is 366 g/mol. The Kier molecular flexibility index (Phi) is 4.95. The largest absolute Gasteiger partial charge is 0.504 e. The van der Waals surface area contributed by atoms with Gasteiger partial charge in [0, 0.05) is 16.1 Å². The van der Waals surface area contributed by atoms with Gasteiger partial charge in [-0.15, -0.1) is 0 Å². The van der Waals surface area contributed by atoms with Gasteiger partial charge < -0.3 is 9.84 Å². The molecule has 8 heteroatoms. The van der Waals surface area contributed by atoms with Gasteiger partial charge in [-0.25, -0.2) is 0 Å². The van der Waals surface area contributed by atoms with Crippen LogP contribution >= 0.6 is 15.9 Å². The average Bonchev–Trinajstić information content (AvgIpc) is 2.50. The van der Waals surface area contributed by atoms with Crippen molar-refractivity contribution in [3.63, 3.8) is 0 Å². The van der Waals surface area contributed by atoms with E-state index in [0.29, 0.717) is 15.8 Å². The Morgan fingerprint density at radius 3 is 2.82 bits per heavy atom. The van der Waals surface area contributed by atoms with Crippen LogP contribution in [0.1, 0.15) is 5.56 Å². The molecule has 0 saturated heterocycles. The van der Waals surface area contributed by atoms with Crippen LogP contribution in [0.4, 0.5) is 11.4 Å². The van der Waals surface area contributed by atoms with E-state index < -0.39 is 4.92 Å². The number of ether oxygens (including phenoxy) is 1. The second-order valence-electron chi connectivity index (χ2n) is 4.19. The lowest BCUT2D eigenvalue weighted by Crippen LogP contribution is -1.97. The van der Waals surface area contributed by atoms with E-state index in [1.807, 2.05) is 0 Å². The summed E-state index contributed by atoms with van der Waals surface area (Å²) >= 11 is 3.29. The third-order valence-corrected chi connectivity index (χ3v) is 3.24. The Labute approximate surface area is 134 Å². The molecule has 2 aromatic carbocycles. The number of aromatic hydroxyl groups is 1. The molecule has 0 fully saturated rings. The molecule has 0 spiro atoms. The van der Waals surface area contributed by atoms with Crippen molar-refractivity contribution < 1.29 is 14.8 Å². The highest BCUT2D eigenvalue weighted by Gasteiger charge is 2.11. The fourth-order valence-electron chi connectivity index (χ4n) is 1.75. The van der Waals surface area contributed by atoms with E-state index >= 15 is 0 Å².